The largest absolute Gasteiger partial charge is 0.395 e. The van der Waals surface area contributed by atoms with Gasteiger partial charge in [0.15, 0.2) is 0 Å². The SMILES string of the molecule is CC1(C)CC1(CO)c1ccc(F)cn1. The fourth-order valence-electron chi connectivity index (χ4n) is 2.16. The predicted molar refractivity (Wildman–Crippen MR) is 51.4 cm³/mol. The normalized spacial score (nSPS) is 28.9. The topological polar surface area (TPSA) is 33.1 Å². The molecule has 3 heteroatoms. The molecule has 1 unspecified atom stereocenters. The van der Waals surface area contributed by atoms with Crippen LogP contribution in [0.5, 0.6) is 0 Å². The highest BCUT2D eigenvalue weighted by molar-refractivity contribution is 5.32. The zero-order chi connectivity index (χ0) is 10.4. The quantitative estimate of drug-likeness (QED) is 0.781. The Balaban J connectivity index is 2.36. The molecule has 1 aromatic heterocycles. The molecule has 1 heterocycles. The summed E-state index contributed by atoms with van der Waals surface area (Å²) >= 11 is 0. The highest BCUT2D eigenvalue weighted by Crippen LogP contribution is 2.63. The average molecular weight is 195 g/mol. The number of pyridine rings is 1. The molecule has 1 aromatic rings. The molecular formula is C11H14FNO. The first kappa shape index (κ1) is 9.59. The van der Waals surface area contributed by atoms with E-state index in [0.29, 0.717) is 0 Å². The first-order valence-corrected chi connectivity index (χ1v) is 4.75. The van der Waals surface area contributed by atoms with E-state index in [4.69, 9.17) is 0 Å². The van der Waals surface area contributed by atoms with E-state index in [2.05, 4.69) is 18.8 Å². The van der Waals surface area contributed by atoms with Crippen LogP contribution in [0, 0.1) is 11.2 Å². The van der Waals surface area contributed by atoms with Gasteiger partial charge in [-0.2, -0.15) is 0 Å². The van der Waals surface area contributed by atoms with E-state index in [9.17, 15) is 9.50 Å². The number of hydrogen-bond donors (Lipinski definition) is 1. The van der Waals surface area contributed by atoms with Gasteiger partial charge >= 0.3 is 0 Å². The van der Waals surface area contributed by atoms with Gasteiger partial charge < -0.3 is 5.11 Å². The lowest BCUT2D eigenvalue weighted by atomic mass is 9.93. The second-order valence-corrected chi connectivity index (χ2v) is 4.66. The Morgan fingerprint density at radius 2 is 2.14 bits per heavy atom. The second-order valence-electron chi connectivity index (χ2n) is 4.66. The van der Waals surface area contributed by atoms with Crippen molar-refractivity contribution in [2.24, 2.45) is 5.41 Å². The van der Waals surface area contributed by atoms with E-state index in [0.717, 1.165) is 12.1 Å². The molecule has 1 N–H and O–H groups in total. The lowest BCUT2D eigenvalue weighted by molar-refractivity contribution is 0.228. The van der Waals surface area contributed by atoms with E-state index in [1.54, 1.807) is 6.07 Å². The number of nitrogens with zero attached hydrogens (tertiary/aromatic N) is 1. The van der Waals surface area contributed by atoms with Crippen molar-refractivity contribution >= 4 is 0 Å². The molecule has 1 atom stereocenters. The number of aliphatic hydroxyl groups is 1. The number of hydrogen-bond acceptors (Lipinski definition) is 2. The Kier molecular flexibility index (Phi) is 1.89. The van der Waals surface area contributed by atoms with Gasteiger partial charge in [-0.25, -0.2) is 4.39 Å². The van der Waals surface area contributed by atoms with Crippen molar-refractivity contribution in [2.45, 2.75) is 25.7 Å². The number of aliphatic hydroxyl groups excluding tert-OH is 1. The van der Waals surface area contributed by atoms with E-state index in [-0.39, 0.29) is 23.3 Å². The van der Waals surface area contributed by atoms with Crippen LogP contribution in [0.4, 0.5) is 4.39 Å². The molecule has 0 radical (unpaired) electrons. The summed E-state index contributed by atoms with van der Waals surface area (Å²) in [5.41, 5.74) is 0.624. The van der Waals surface area contributed by atoms with Crippen LogP contribution in [0.1, 0.15) is 26.0 Å². The summed E-state index contributed by atoms with van der Waals surface area (Å²) in [6.45, 7) is 4.27. The minimum absolute atomic E-state index is 0.0760. The highest BCUT2D eigenvalue weighted by atomic mass is 19.1. The van der Waals surface area contributed by atoms with Crippen LogP contribution in [0.15, 0.2) is 18.3 Å². The van der Waals surface area contributed by atoms with Crippen molar-refractivity contribution in [1.29, 1.82) is 0 Å². The molecule has 1 fully saturated rings. The summed E-state index contributed by atoms with van der Waals surface area (Å²) < 4.78 is 12.7. The van der Waals surface area contributed by atoms with Gasteiger partial charge in [0.25, 0.3) is 0 Å². The molecule has 1 saturated carbocycles. The highest BCUT2D eigenvalue weighted by Gasteiger charge is 2.62. The maximum absolute atomic E-state index is 12.7. The molecular weight excluding hydrogens is 181 g/mol. The number of rotatable bonds is 2. The molecule has 0 aromatic carbocycles. The maximum Gasteiger partial charge on any atom is 0.141 e. The van der Waals surface area contributed by atoms with Gasteiger partial charge in [-0.1, -0.05) is 13.8 Å². The van der Waals surface area contributed by atoms with E-state index in [1.807, 2.05) is 0 Å². The molecule has 0 bridgehead atoms. The van der Waals surface area contributed by atoms with E-state index in [1.165, 1.54) is 12.3 Å². The van der Waals surface area contributed by atoms with Crippen molar-refractivity contribution in [3.8, 4) is 0 Å². The molecule has 1 aliphatic rings. The van der Waals surface area contributed by atoms with Crippen molar-refractivity contribution in [3.63, 3.8) is 0 Å². The molecule has 2 nitrogen and oxygen atoms in total. The van der Waals surface area contributed by atoms with Crippen LogP contribution in [0.2, 0.25) is 0 Å². The zero-order valence-electron chi connectivity index (χ0n) is 8.42. The van der Waals surface area contributed by atoms with Crippen LogP contribution in [0.25, 0.3) is 0 Å². The summed E-state index contributed by atoms with van der Waals surface area (Å²) in [6.07, 6.45) is 2.12. The van der Waals surface area contributed by atoms with Crippen molar-refractivity contribution in [1.82, 2.24) is 4.98 Å². The minimum Gasteiger partial charge on any atom is -0.395 e. The monoisotopic (exact) mass is 195 g/mol. The van der Waals surface area contributed by atoms with Crippen LogP contribution < -0.4 is 0 Å². The zero-order valence-corrected chi connectivity index (χ0v) is 8.42. The lowest BCUT2D eigenvalue weighted by Gasteiger charge is -2.16. The van der Waals surface area contributed by atoms with Crippen LogP contribution in [-0.4, -0.2) is 16.7 Å². The van der Waals surface area contributed by atoms with Gasteiger partial charge in [0, 0.05) is 11.1 Å². The molecule has 76 valence electrons. The fraction of sp³-hybridized carbons (Fsp3) is 0.545. The Morgan fingerprint density at radius 3 is 2.50 bits per heavy atom. The Morgan fingerprint density at radius 1 is 1.50 bits per heavy atom. The minimum atomic E-state index is -0.333. The number of aromatic nitrogens is 1. The Hall–Kier alpha value is -0.960. The molecule has 0 aliphatic heterocycles. The second kappa shape index (κ2) is 2.76. The van der Waals surface area contributed by atoms with Crippen molar-refractivity contribution < 1.29 is 9.50 Å². The average Bonchev–Trinajstić information content (AvgIpc) is 2.71. The maximum atomic E-state index is 12.7. The summed E-state index contributed by atoms with van der Waals surface area (Å²) in [4.78, 5) is 4.04. The third-order valence-electron chi connectivity index (χ3n) is 3.40. The summed E-state index contributed by atoms with van der Waals surface area (Å²) in [6, 6.07) is 3.06. The lowest BCUT2D eigenvalue weighted by Crippen LogP contribution is -2.20. The fourth-order valence-corrected chi connectivity index (χ4v) is 2.16. The van der Waals surface area contributed by atoms with Gasteiger partial charge in [0.2, 0.25) is 0 Å². The van der Waals surface area contributed by atoms with Crippen LogP contribution in [0.3, 0.4) is 0 Å². The summed E-state index contributed by atoms with van der Waals surface area (Å²) in [5, 5.41) is 9.38. The summed E-state index contributed by atoms with van der Waals surface area (Å²) in [5.74, 6) is -0.333. The Labute approximate surface area is 82.8 Å². The standard InChI is InChI=1S/C11H14FNO/c1-10(2)6-11(10,7-14)9-4-3-8(12)5-13-9/h3-5,14H,6-7H2,1-2H3. The first-order chi connectivity index (χ1) is 6.52. The van der Waals surface area contributed by atoms with Gasteiger partial charge in [0.05, 0.1) is 12.8 Å². The van der Waals surface area contributed by atoms with Gasteiger partial charge in [0.1, 0.15) is 5.82 Å². The predicted octanol–water partition coefficient (Wildman–Crippen LogP) is 1.88. The van der Waals surface area contributed by atoms with E-state index < -0.39 is 0 Å². The van der Waals surface area contributed by atoms with Gasteiger partial charge in [-0.15, -0.1) is 0 Å². The third kappa shape index (κ3) is 1.16. The smallest absolute Gasteiger partial charge is 0.141 e. The summed E-state index contributed by atoms with van der Waals surface area (Å²) in [7, 11) is 0. The molecule has 0 saturated heterocycles. The number of halogens is 1. The molecule has 0 spiro atoms. The van der Waals surface area contributed by atoms with Crippen LogP contribution >= 0.6 is 0 Å². The van der Waals surface area contributed by atoms with Crippen LogP contribution in [-0.2, 0) is 5.41 Å². The molecule has 1 aliphatic carbocycles. The van der Waals surface area contributed by atoms with E-state index >= 15 is 0 Å². The van der Waals surface area contributed by atoms with Gasteiger partial charge in [-0.05, 0) is 24.0 Å². The first-order valence-electron chi connectivity index (χ1n) is 4.75. The van der Waals surface area contributed by atoms with Gasteiger partial charge in [-0.3, -0.25) is 4.98 Å². The van der Waals surface area contributed by atoms with Crippen molar-refractivity contribution in [2.75, 3.05) is 6.61 Å². The third-order valence-corrected chi connectivity index (χ3v) is 3.40. The molecule has 14 heavy (non-hydrogen) atoms. The Bertz CT molecular complexity index is 347. The molecule has 0 amide bonds. The molecule has 2 rings (SSSR count). The van der Waals surface area contributed by atoms with Crippen molar-refractivity contribution in [3.05, 3.63) is 29.8 Å².